The molecule has 1 aliphatic carbocycles. The number of halogens is 1. The fourth-order valence-corrected chi connectivity index (χ4v) is 3.99. The maximum Gasteiger partial charge on any atom is 0.270 e. The highest BCUT2D eigenvalue weighted by Crippen LogP contribution is 2.37. The molecule has 3 atom stereocenters. The van der Waals surface area contributed by atoms with Gasteiger partial charge in [0.15, 0.2) is 0 Å². The molecule has 2 heterocycles. The lowest BCUT2D eigenvalue weighted by molar-refractivity contribution is 0.0164. The summed E-state index contributed by atoms with van der Waals surface area (Å²) in [4.78, 5) is 17.7. The Balaban J connectivity index is 1.63. The molecule has 2 bridgehead atoms. The molecule has 1 saturated carbocycles. The van der Waals surface area contributed by atoms with E-state index in [1.54, 1.807) is 0 Å². The molecule has 1 aliphatic heterocycles. The normalized spacial score (nSPS) is 28.3. The number of piperidine rings is 1. The van der Waals surface area contributed by atoms with Gasteiger partial charge in [0.05, 0.1) is 6.10 Å². The number of rotatable bonds is 1. The summed E-state index contributed by atoms with van der Waals surface area (Å²) in [5, 5.41) is 11.6. The lowest BCUT2D eigenvalue weighted by Gasteiger charge is -2.35. The van der Waals surface area contributed by atoms with Crippen LogP contribution in [-0.4, -0.2) is 40.1 Å². The van der Waals surface area contributed by atoms with Crippen molar-refractivity contribution in [2.24, 2.45) is 11.8 Å². The van der Waals surface area contributed by atoms with Crippen LogP contribution in [0.1, 0.15) is 23.3 Å². The Kier molecular flexibility index (Phi) is 2.98. The number of fused-ring (bicyclic) bond motifs is 3. The highest BCUT2D eigenvalue weighted by molar-refractivity contribution is 6.35. The first-order chi connectivity index (χ1) is 10.1. The fraction of sp³-hybridized carbons (Fsp3) is 0.438. The second-order valence-electron chi connectivity index (χ2n) is 6.18. The van der Waals surface area contributed by atoms with E-state index in [2.05, 4.69) is 4.98 Å². The Labute approximate surface area is 127 Å². The average Bonchev–Trinajstić information content (AvgIpc) is 2.97. The molecule has 4 nitrogen and oxygen atoms in total. The molecule has 2 N–H and O–H groups in total. The Morgan fingerprint density at radius 1 is 1.29 bits per heavy atom. The van der Waals surface area contributed by atoms with E-state index in [4.69, 9.17) is 11.6 Å². The van der Waals surface area contributed by atoms with Crippen LogP contribution in [0, 0.1) is 11.8 Å². The summed E-state index contributed by atoms with van der Waals surface area (Å²) in [6, 6.07) is 7.44. The number of aromatic amines is 1. The number of hydrogen-bond donors (Lipinski definition) is 2. The number of likely N-dealkylation sites (tertiary alicyclic amines) is 1. The highest BCUT2D eigenvalue weighted by Gasteiger charge is 2.42. The predicted molar refractivity (Wildman–Crippen MR) is 81.4 cm³/mol. The third-order valence-electron chi connectivity index (χ3n) is 4.91. The molecular weight excluding hydrogens is 288 g/mol. The number of benzene rings is 1. The topological polar surface area (TPSA) is 56.3 Å². The molecule has 1 aromatic carbocycles. The van der Waals surface area contributed by atoms with Crippen LogP contribution in [0.4, 0.5) is 0 Å². The van der Waals surface area contributed by atoms with Gasteiger partial charge >= 0.3 is 0 Å². The molecule has 21 heavy (non-hydrogen) atoms. The largest absolute Gasteiger partial charge is 0.392 e. The molecule has 1 aromatic heterocycles. The van der Waals surface area contributed by atoms with Crippen molar-refractivity contribution in [3.8, 4) is 0 Å². The zero-order chi connectivity index (χ0) is 14.6. The summed E-state index contributed by atoms with van der Waals surface area (Å²) in [5.41, 5.74) is 1.46. The SMILES string of the molecule is O=C(c1cc2c(Cl)cccc2[nH]1)N1C[C@H]2CC[C@@H](C1)C2O. The van der Waals surface area contributed by atoms with E-state index >= 15 is 0 Å². The van der Waals surface area contributed by atoms with Crippen LogP contribution in [0.25, 0.3) is 10.9 Å². The van der Waals surface area contributed by atoms with E-state index in [1.165, 1.54) is 0 Å². The molecule has 5 heteroatoms. The van der Waals surface area contributed by atoms with Crippen molar-refractivity contribution in [3.63, 3.8) is 0 Å². The second-order valence-corrected chi connectivity index (χ2v) is 6.59. The van der Waals surface area contributed by atoms with Crippen molar-refractivity contribution in [2.75, 3.05) is 13.1 Å². The molecule has 2 fully saturated rings. The minimum atomic E-state index is -0.230. The van der Waals surface area contributed by atoms with Gasteiger partial charge in [-0.2, -0.15) is 0 Å². The first-order valence-electron chi connectivity index (χ1n) is 7.38. The van der Waals surface area contributed by atoms with Gasteiger partial charge in [0.2, 0.25) is 0 Å². The molecule has 2 aliphatic rings. The van der Waals surface area contributed by atoms with Gasteiger partial charge in [-0.3, -0.25) is 4.79 Å². The van der Waals surface area contributed by atoms with Gasteiger partial charge in [0.25, 0.3) is 5.91 Å². The van der Waals surface area contributed by atoms with E-state index in [1.807, 2.05) is 29.2 Å². The number of amides is 1. The first-order valence-corrected chi connectivity index (χ1v) is 7.76. The number of nitrogens with zero attached hydrogens (tertiary/aromatic N) is 1. The molecule has 1 saturated heterocycles. The molecule has 4 rings (SSSR count). The van der Waals surface area contributed by atoms with Crippen molar-refractivity contribution in [1.82, 2.24) is 9.88 Å². The Morgan fingerprint density at radius 3 is 2.67 bits per heavy atom. The first kappa shape index (κ1) is 13.2. The van der Waals surface area contributed by atoms with Gasteiger partial charge < -0.3 is 15.0 Å². The quantitative estimate of drug-likeness (QED) is 0.851. The predicted octanol–water partition coefficient (Wildman–Crippen LogP) is 2.66. The number of hydrogen-bond acceptors (Lipinski definition) is 2. The lowest BCUT2D eigenvalue weighted by Crippen LogP contribution is -2.47. The number of carbonyl (C=O) groups is 1. The van der Waals surface area contributed by atoms with Crippen molar-refractivity contribution < 1.29 is 9.90 Å². The fourth-order valence-electron chi connectivity index (χ4n) is 3.76. The highest BCUT2D eigenvalue weighted by atomic mass is 35.5. The molecule has 0 radical (unpaired) electrons. The number of aliphatic hydroxyl groups excluding tert-OH is 1. The molecular formula is C16H17ClN2O2. The summed E-state index contributed by atoms with van der Waals surface area (Å²) in [7, 11) is 0. The summed E-state index contributed by atoms with van der Waals surface area (Å²) in [5.74, 6) is 0.479. The zero-order valence-corrected chi connectivity index (χ0v) is 12.3. The van der Waals surface area contributed by atoms with E-state index in [0.717, 1.165) is 23.7 Å². The smallest absolute Gasteiger partial charge is 0.270 e. The summed E-state index contributed by atoms with van der Waals surface area (Å²) in [6.45, 7) is 1.30. The van der Waals surface area contributed by atoms with Gasteiger partial charge in [-0.15, -0.1) is 0 Å². The van der Waals surface area contributed by atoms with Crippen LogP contribution in [0.15, 0.2) is 24.3 Å². The average molecular weight is 305 g/mol. The van der Waals surface area contributed by atoms with Crippen molar-refractivity contribution in [3.05, 3.63) is 35.0 Å². The molecule has 2 aromatic rings. The Morgan fingerprint density at radius 2 is 2.00 bits per heavy atom. The molecule has 0 spiro atoms. The van der Waals surface area contributed by atoms with E-state index in [9.17, 15) is 9.90 Å². The van der Waals surface area contributed by atoms with Gasteiger partial charge in [0, 0.05) is 40.9 Å². The van der Waals surface area contributed by atoms with E-state index in [-0.39, 0.29) is 23.8 Å². The minimum Gasteiger partial charge on any atom is -0.392 e. The maximum atomic E-state index is 12.7. The van der Waals surface area contributed by atoms with E-state index in [0.29, 0.717) is 23.8 Å². The number of H-pyrrole nitrogens is 1. The summed E-state index contributed by atoms with van der Waals surface area (Å²) < 4.78 is 0. The van der Waals surface area contributed by atoms with Crippen molar-refractivity contribution >= 4 is 28.4 Å². The molecule has 110 valence electrons. The number of aliphatic hydroxyl groups is 1. The monoisotopic (exact) mass is 304 g/mol. The van der Waals surface area contributed by atoms with Gasteiger partial charge in [-0.05, 0) is 31.0 Å². The van der Waals surface area contributed by atoms with Crippen molar-refractivity contribution in [1.29, 1.82) is 0 Å². The van der Waals surface area contributed by atoms with Crippen LogP contribution in [0.5, 0.6) is 0 Å². The van der Waals surface area contributed by atoms with Crippen LogP contribution < -0.4 is 0 Å². The Bertz CT molecular complexity index is 697. The van der Waals surface area contributed by atoms with Gasteiger partial charge in [0.1, 0.15) is 5.69 Å². The maximum absolute atomic E-state index is 12.7. The number of nitrogens with one attached hydrogen (secondary N) is 1. The third-order valence-corrected chi connectivity index (χ3v) is 5.24. The van der Waals surface area contributed by atoms with Crippen LogP contribution in [-0.2, 0) is 0 Å². The lowest BCUT2D eigenvalue weighted by atomic mass is 9.95. The second kappa shape index (κ2) is 4.75. The number of carbonyl (C=O) groups excluding carboxylic acids is 1. The van der Waals surface area contributed by atoms with Crippen LogP contribution in [0.3, 0.4) is 0 Å². The third kappa shape index (κ3) is 2.05. The standard InChI is InChI=1S/C16H17ClN2O2/c17-12-2-1-3-13-11(12)6-14(18-13)16(21)19-7-9-4-5-10(8-19)15(9)20/h1-3,6,9-10,15,18,20H,4-5,7-8H2/t9-,10+,15?. The van der Waals surface area contributed by atoms with Crippen LogP contribution >= 0.6 is 11.6 Å². The summed E-state index contributed by atoms with van der Waals surface area (Å²) >= 11 is 6.16. The zero-order valence-electron chi connectivity index (χ0n) is 11.6. The summed E-state index contributed by atoms with van der Waals surface area (Å²) in [6.07, 6.45) is 1.81. The minimum absolute atomic E-state index is 0.00562. The molecule has 1 amide bonds. The molecule has 1 unspecified atom stereocenters. The van der Waals surface area contributed by atoms with Crippen molar-refractivity contribution in [2.45, 2.75) is 18.9 Å². The van der Waals surface area contributed by atoms with E-state index < -0.39 is 0 Å². The number of aromatic nitrogens is 1. The van der Waals surface area contributed by atoms with Gasteiger partial charge in [-0.1, -0.05) is 17.7 Å². The van der Waals surface area contributed by atoms with Gasteiger partial charge in [-0.25, -0.2) is 0 Å². The van der Waals surface area contributed by atoms with Crippen LogP contribution in [0.2, 0.25) is 5.02 Å². The Hall–Kier alpha value is -1.52.